The normalized spacial score (nSPS) is 19.6. The van der Waals surface area contributed by atoms with E-state index in [1.54, 1.807) is 0 Å². The third-order valence-corrected chi connectivity index (χ3v) is 2.86. The Labute approximate surface area is 105 Å². The van der Waals surface area contributed by atoms with E-state index in [0.29, 0.717) is 25.5 Å². The van der Waals surface area contributed by atoms with Crippen LogP contribution in [0.15, 0.2) is 0 Å². The summed E-state index contributed by atoms with van der Waals surface area (Å²) in [4.78, 5) is 17.9. The molecular formula is C11H16N6O. The first-order valence-electron chi connectivity index (χ1n) is 6.08. The molecule has 7 nitrogen and oxygen atoms in total. The molecule has 1 unspecified atom stereocenters. The summed E-state index contributed by atoms with van der Waals surface area (Å²) in [6.45, 7) is 3.73. The lowest BCUT2D eigenvalue weighted by atomic mass is 10.2. The summed E-state index contributed by atoms with van der Waals surface area (Å²) in [5.41, 5.74) is 0. The predicted molar refractivity (Wildman–Crippen MR) is 63.7 cm³/mol. The smallest absolute Gasteiger partial charge is 0.294 e. The molecule has 2 heterocycles. The summed E-state index contributed by atoms with van der Waals surface area (Å²) in [6, 6.07) is 1.67. The standard InChI is InChI=1S/C11H16N6O/c1-2-3-9-14-10(16-15-9)11(18)17-5-4-13-7-8(17)6-12/h8,13H,2-5,7H2,1H3,(H,14,15,16). The molecule has 0 aromatic carbocycles. The van der Waals surface area contributed by atoms with Crippen molar-refractivity contribution in [3.63, 3.8) is 0 Å². The fraction of sp³-hybridized carbons (Fsp3) is 0.636. The van der Waals surface area contributed by atoms with Crippen LogP contribution in [0.5, 0.6) is 0 Å². The molecule has 7 heteroatoms. The number of H-pyrrole nitrogens is 1. The molecule has 0 aliphatic carbocycles. The lowest BCUT2D eigenvalue weighted by Crippen LogP contribution is -2.53. The van der Waals surface area contributed by atoms with Crippen LogP contribution in [0.4, 0.5) is 0 Å². The van der Waals surface area contributed by atoms with Gasteiger partial charge in [-0.1, -0.05) is 6.92 Å². The molecule has 0 saturated carbocycles. The molecule has 96 valence electrons. The number of carbonyl (C=O) groups excluding carboxylic acids is 1. The van der Waals surface area contributed by atoms with Crippen LogP contribution in [0.1, 0.15) is 29.8 Å². The Kier molecular flexibility index (Phi) is 3.89. The fourth-order valence-electron chi connectivity index (χ4n) is 1.93. The summed E-state index contributed by atoms with van der Waals surface area (Å²) in [5, 5.41) is 18.8. The van der Waals surface area contributed by atoms with Crippen LogP contribution in [0.25, 0.3) is 0 Å². The van der Waals surface area contributed by atoms with Crippen LogP contribution in [0.3, 0.4) is 0 Å². The number of carbonyl (C=O) groups is 1. The number of amides is 1. The molecule has 1 aliphatic rings. The van der Waals surface area contributed by atoms with Gasteiger partial charge in [-0.25, -0.2) is 4.98 Å². The van der Waals surface area contributed by atoms with Gasteiger partial charge in [0.05, 0.1) is 6.07 Å². The van der Waals surface area contributed by atoms with Gasteiger partial charge in [-0.3, -0.25) is 9.89 Å². The van der Waals surface area contributed by atoms with Crippen LogP contribution in [-0.2, 0) is 6.42 Å². The molecule has 0 radical (unpaired) electrons. The van der Waals surface area contributed by atoms with E-state index in [1.165, 1.54) is 4.90 Å². The van der Waals surface area contributed by atoms with E-state index in [4.69, 9.17) is 5.26 Å². The zero-order chi connectivity index (χ0) is 13.0. The molecule has 1 amide bonds. The molecule has 1 aliphatic heterocycles. The van der Waals surface area contributed by atoms with E-state index in [9.17, 15) is 4.79 Å². The van der Waals surface area contributed by atoms with Crippen molar-refractivity contribution in [2.45, 2.75) is 25.8 Å². The topological polar surface area (TPSA) is 97.7 Å². The summed E-state index contributed by atoms with van der Waals surface area (Å²) in [5.74, 6) is 0.590. The number of rotatable bonds is 3. The number of nitrogens with one attached hydrogen (secondary N) is 2. The molecule has 18 heavy (non-hydrogen) atoms. The third-order valence-electron chi connectivity index (χ3n) is 2.86. The van der Waals surface area contributed by atoms with Crippen molar-refractivity contribution in [3.8, 4) is 6.07 Å². The van der Waals surface area contributed by atoms with E-state index < -0.39 is 6.04 Å². The molecule has 1 aromatic rings. The first-order chi connectivity index (χ1) is 8.76. The first-order valence-corrected chi connectivity index (χ1v) is 6.08. The maximum Gasteiger partial charge on any atom is 0.294 e. The highest BCUT2D eigenvalue weighted by Gasteiger charge is 2.29. The van der Waals surface area contributed by atoms with Gasteiger partial charge in [0, 0.05) is 26.1 Å². The highest BCUT2D eigenvalue weighted by Crippen LogP contribution is 2.07. The minimum atomic E-state index is -0.445. The van der Waals surface area contributed by atoms with E-state index in [2.05, 4.69) is 26.6 Å². The van der Waals surface area contributed by atoms with Crippen LogP contribution in [0, 0.1) is 11.3 Å². The van der Waals surface area contributed by atoms with Crippen molar-refractivity contribution in [2.24, 2.45) is 0 Å². The number of hydrogen-bond acceptors (Lipinski definition) is 5. The zero-order valence-electron chi connectivity index (χ0n) is 10.3. The number of piperazine rings is 1. The van der Waals surface area contributed by atoms with Crippen LogP contribution >= 0.6 is 0 Å². The average Bonchev–Trinajstić information content (AvgIpc) is 2.87. The molecule has 1 fully saturated rings. The predicted octanol–water partition coefficient (Wildman–Crippen LogP) is -0.305. The highest BCUT2D eigenvalue weighted by molar-refractivity contribution is 5.91. The van der Waals surface area contributed by atoms with E-state index >= 15 is 0 Å². The maximum absolute atomic E-state index is 12.2. The van der Waals surface area contributed by atoms with Gasteiger partial charge in [-0.05, 0) is 6.42 Å². The zero-order valence-corrected chi connectivity index (χ0v) is 10.3. The van der Waals surface area contributed by atoms with Crippen molar-refractivity contribution in [2.75, 3.05) is 19.6 Å². The van der Waals surface area contributed by atoms with Gasteiger partial charge in [0.25, 0.3) is 5.91 Å². The van der Waals surface area contributed by atoms with Crippen molar-refractivity contribution in [1.82, 2.24) is 25.4 Å². The fourth-order valence-corrected chi connectivity index (χ4v) is 1.93. The Bertz CT molecular complexity index is 462. The largest absolute Gasteiger partial charge is 0.317 e. The number of hydrogen-bond donors (Lipinski definition) is 2. The molecule has 0 spiro atoms. The van der Waals surface area contributed by atoms with E-state index in [1.807, 2.05) is 6.92 Å². The lowest BCUT2D eigenvalue weighted by molar-refractivity contribution is 0.0675. The quantitative estimate of drug-likeness (QED) is 0.765. The Balaban J connectivity index is 2.11. The highest BCUT2D eigenvalue weighted by atomic mass is 16.2. The number of nitriles is 1. The van der Waals surface area contributed by atoms with Crippen LogP contribution < -0.4 is 5.32 Å². The number of aryl methyl sites for hydroxylation is 1. The van der Waals surface area contributed by atoms with Gasteiger partial charge in [-0.2, -0.15) is 5.26 Å². The molecule has 2 N–H and O–H groups in total. The minimum absolute atomic E-state index is 0.153. The average molecular weight is 248 g/mol. The second kappa shape index (κ2) is 5.60. The second-order valence-electron chi connectivity index (χ2n) is 4.20. The number of aromatic amines is 1. The Morgan fingerprint density at radius 1 is 1.67 bits per heavy atom. The van der Waals surface area contributed by atoms with Crippen LogP contribution in [-0.4, -0.2) is 51.7 Å². The van der Waals surface area contributed by atoms with E-state index in [0.717, 1.165) is 12.8 Å². The van der Waals surface area contributed by atoms with Crippen molar-refractivity contribution in [3.05, 3.63) is 11.6 Å². The summed E-state index contributed by atoms with van der Waals surface area (Å²) >= 11 is 0. The Morgan fingerprint density at radius 2 is 2.50 bits per heavy atom. The van der Waals surface area contributed by atoms with Gasteiger partial charge < -0.3 is 10.2 Å². The van der Waals surface area contributed by atoms with Crippen LogP contribution in [0.2, 0.25) is 0 Å². The number of aromatic nitrogens is 3. The van der Waals surface area contributed by atoms with Crippen molar-refractivity contribution in [1.29, 1.82) is 5.26 Å². The van der Waals surface area contributed by atoms with Gasteiger partial charge in [0.1, 0.15) is 11.9 Å². The molecule has 2 rings (SSSR count). The van der Waals surface area contributed by atoms with Crippen molar-refractivity contribution < 1.29 is 4.79 Å². The van der Waals surface area contributed by atoms with Gasteiger partial charge in [0.15, 0.2) is 0 Å². The third kappa shape index (κ3) is 2.49. The Hall–Kier alpha value is -1.94. The second-order valence-corrected chi connectivity index (χ2v) is 4.20. The van der Waals surface area contributed by atoms with Gasteiger partial charge in [-0.15, -0.1) is 5.10 Å². The monoisotopic (exact) mass is 248 g/mol. The summed E-state index contributed by atoms with van der Waals surface area (Å²) in [6.07, 6.45) is 1.71. The molecule has 1 saturated heterocycles. The first kappa shape index (κ1) is 12.5. The summed E-state index contributed by atoms with van der Waals surface area (Å²) in [7, 11) is 0. The lowest BCUT2D eigenvalue weighted by Gasteiger charge is -2.30. The maximum atomic E-state index is 12.2. The SMILES string of the molecule is CCCc1nc(C(=O)N2CCNCC2C#N)n[nH]1. The van der Waals surface area contributed by atoms with Crippen molar-refractivity contribution >= 4 is 5.91 Å². The molecule has 0 bridgehead atoms. The van der Waals surface area contributed by atoms with Gasteiger partial charge >= 0.3 is 0 Å². The van der Waals surface area contributed by atoms with Gasteiger partial charge in [0.2, 0.25) is 5.82 Å². The summed E-state index contributed by atoms with van der Waals surface area (Å²) < 4.78 is 0. The molecule has 1 aromatic heterocycles. The minimum Gasteiger partial charge on any atom is -0.317 e. The molecular weight excluding hydrogens is 232 g/mol. The van der Waals surface area contributed by atoms with E-state index in [-0.39, 0.29) is 11.7 Å². The molecule has 1 atom stereocenters. The number of nitrogens with zero attached hydrogens (tertiary/aromatic N) is 4. The Morgan fingerprint density at radius 3 is 3.22 bits per heavy atom.